The van der Waals surface area contributed by atoms with E-state index in [2.05, 4.69) is 15.2 Å². The van der Waals surface area contributed by atoms with Gasteiger partial charge < -0.3 is 15.0 Å². The van der Waals surface area contributed by atoms with Gasteiger partial charge in [0.2, 0.25) is 0 Å². The van der Waals surface area contributed by atoms with Crippen LogP contribution in [0.15, 0.2) is 47.5 Å². The van der Waals surface area contributed by atoms with Crippen LogP contribution in [0.2, 0.25) is 0 Å². The number of carbonyl (C=O) groups is 1. The molecule has 1 aromatic heterocycles. The zero-order valence-electron chi connectivity index (χ0n) is 18.1. The van der Waals surface area contributed by atoms with Crippen molar-refractivity contribution < 1.29 is 22.8 Å². The van der Waals surface area contributed by atoms with Crippen molar-refractivity contribution in [3.63, 3.8) is 0 Å². The van der Waals surface area contributed by atoms with Crippen LogP contribution in [0.1, 0.15) is 29.8 Å². The standard InChI is InChI=1S/C21H28N4O5S/c1-15-13-25(14-16(2)30-15)20-10-5-17(11-22-20)12-23-21(26)18-6-8-19(9-7-18)31(27,28)24(3)29-4/h5-11,15-16H,12-14H2,1-4H3,(H,23,26). The van der Waals surface area contributed by atoms with Crippen LogP contribution in [0.4, 0.5) is 5.82 Å². The number of carbonyl (C=O) groups excluding carboxylic acids is 1. The van der Waals surface area contributed by atoms with Crippen molar-refractivity contribution in [1.29, 1.82) is 0 Å². The summed E-state index contributed by atoms with van der Waals surface area (Å²) in [4.78, 5) is 23.9. The summed E-state index contributed by atoms with van der Waals surface area (Å²) < 4.78 is 30.9. The van der Waals surface area contributed by atoms with E-state index in [0.717, 1.165) is 28.9 Å². The molecule has 1 fully saturated rings. The van der Waals surface area contributed by atoms with E-state index in [9.17, 15) is 13.2 Å². The zero-order chi connectivity index (χ0) is 22.6. The Morgan fingerprint density at radius 3 is 2.39 bits per heavy atom. The number of benzene rings is 1. The van der Waals surface area contributed by atoms with Gasteiger partial charge in [-0.3, -0.25) is 9.63 Å². The van der Waals surface area contributed by atoms with E-state index in [0.29, 0.717) is 12.1 Å². The summed E-state index contributed by atoms with van der Waals surface area (Å²) in [6.07, 6.45) is 2.05. The monoisotopic (exact) mass is 448 g/mol. The van der Waals surface area contributed by atoms with Gasteiger partial charge in [-0.1, -0.05) is 10.5 Å². The summed E-state index contributed by atoms with van der Waals surface area (Å²) in [5, 5.41) is 2.82. The van der Waals surface area contributed by atoms with Crippen molar-refractivity contribution in [1.82, 2.24) is 14.8 Å². The Balaban J connectivity index is 1.58. The number of hydrogen-bond acceptors (Lipinski definition) is 7. The Morgan fingerprint density at radius 1 is 1.19 bits per heavy atom. The fourth-order valence-corrected chi connectivity index (χ4v) is 4.36. The molecule has 2 heterocycles. The Morgan fingerprint density at radius 2 is 1.84 bits per heavy atom. The van der Waals surface area contributed by atoms with Crippen molar-refractivity contribution in [2.45, 2.75) is 37.5 Å². The largest absolute Gasteiger partial charge is 0.372 e. The number of nitrogens with one attached hydrogen (secondary N) is 1. The molecule has 1 aliphatic rings. The molecule has 1 N–H and O–H groups in total. The molecule has 2 unspecified atom stereocenters. The summed E-state index contributed by atoms with van der Waals surface area (Å²) in [7, 11) is -1.18. The van der Waals surface area contributed by atoms with Crippen LogP contribution in [0, 0.1) is 0 Å². The van der Waals surface area contributed by atoms with E-state index < -0.39 is 10.0 Å². The molecule has 0 bridgehead atoms. The SMILES string of the molecule is CON(C)S(=O)(=O)c1ccc(C(=O)NCc2ccc(N3CC(C)OC(C)C3)nc2)cc1. The molecule has 31 heavy (non-hydrogen) atoms. The smallest absolute Gasteiger partial charge is 0.264 e. The number of hydroxylamine groups is 1. The number of pyridine rings is 1. The molecular formula is C21H28N4O5S. The minimum atomic E-state index is -3.75. The highest BCUT2D eigenvalue weighted by atomic mass is 32.2. The molecule has 1 saturated heterocycles. The van der Waals surface area contributed by atoms with E-state index in [1.807, 2.05) is 26.0 Å². The normalized spacial score (nSPS) is 19.5. The molecule has 0 spiro atoms. The van der Waals surface area contributed by atoms with Gasteiger partial charge in [-0.2, -0.15) is 0 Å². The van der Waals surface area contributed by atoms with Gasteiger partial charge in [0.05, 0.1) is 24.2 Å². The predicted molar refractivity (Wildman–Crippen MR) is 116 cm³/mol. The van der Waals surface area contributed by atoms with Crippen molar-refractivity contribution >= 4 is 21.7 Å². The molecule has 1 aliphatic heterocycles. The van der Waals surface area contributed by atoms with Gasteiger partial charge in [-0.05, 0) is 49.7 Å². The topological polar surface area (TPSA) is 101 Å². The first-order valence-electron chi connectivity index (χ1n) is 9.97. The van der Waals surface area contributed by atoms with Gasteiger partial charge in [-0.15, -0.1) is 0 Å². The second kappa shape index (κ2) is 9.73. The Bertz CT molecular complexity index is 985. The summed E-state index contributed by atoms with van der Waals surface area (Å²) in [5.74, 6) is 0.582. The summed E-state index contributed by atoms with van der Waals surface area (Å²) in [5.41, 5.74) is 1.23. The maximum Gasteiger partial charge on any atom is 0.264 e. The van der Waals surface area contributed by atoms with Crippen LogP contribution in [0.5, 0.6) is 0 Å². The summed E-state index contributed by atoms with van der Waals surface area (Å²) >= 11 is 0. The fraction of sp³-hybridized carbons (Fsp3) is 0.429. The van der Waals surface area contributed by atoms with Gasteiger partial charge in [0.15, 0.2) is 0 Å². The van der Waals surface area contributed by atoms with Crippen molar-refractivity contribution in [2.75, 3.05) is 32.1 Å². The lowest BCUT2D eigenvalue weighted by atomic mass is 10.2. The van der Waals surface area contributed by atoms with Crippen LogP contribution in [-0.4, -0.2) is 63.2 Å². The number of aromatic nitrogens is 1. The van der Waals surface area contributed by atoms with E-state index in [1.165, 1.54) is 38.4 Å². The Kier molecular flexibility index (Phi) is 7.26. The average molecular weight is 449 g/mol. The van der Waals surface area contributed by atoms with E-state index in [1.54, 1.807) is 6.20 Å². The van der Waals surface area contributed by atoms with Gasteiger partial charge in [0.25, 0.3) is 15.9 Å². The number of amides is 1. The third-order valence-corrected chi connectivity index (χ3v) is 6.71. The van der Waals surface area contributed by atoms with Crippen LogP contribution in [0.25, 0.3) is 0 Å². The van der Waals surface area contributed by atoms with Gasteiger partial charge in [0, 0.05) is 38.4 Å². The van der Waals surface area contributed by atoms with Crippen LogP contribution >= 0.6 is 0 Å². The average Bonchev–Trinajstić information content (AvgIpc) is 2.76. The first-order chi connectivity index (χ1) is 14.7. The van der Waals surface area contributed by atoms with E-state index >= 15 is 0 Å². The maximum absolute atomic E-state index is 12.4. The Hall–Kier alpha value is -2.53. The number of morpholine rings is 1. The van der Waals surface area contributed by atoms with Crippen molar-refractivity contribution in [3.05, 3.63) is 53.7 Å². The maximum atomic E-state index is 12.4. The molecular weight excluding hydrogens is 420 g/mol. The highest BCUT2D eigenvalue weighted by Gasteiger charge is 2.23. The second-order valence-electron chi connectivity index (χ2n) is 7.49. The molecule has 2 atom stereocenters. The lowest BCUT2D eigenvalue weighted by molar-refractivity contribution is -0.0258. The first-order valence-corrected chi connectivity index (χ1v) is 11.4. The molecule has 0 aliphatic carbocycles. The zero-order valence-corrected chi connectivity index (χ0v) is 18.9. The lowest BCUT2D eigenvalue weighted by Crippen LogP contribution is -2.45. The molecule has 1 amide bonds. The third-order valence-electron chi connectivity index (χ3n) is 5.02. The number of rotatable bonds is 7. The summed E-state index contributed by atoms with van der Waals surface area (Å²) in [6, 6.07) is 9.56. The molecule has 10 heteroatoms. The van der Waals surface area contributed by atoms with Crippen LogP contribution < -0.4 is 10.2 Å². The molecule has 2 aromatic rings. The highest BCUT2D eigenvalue weighted by molar-refractivity contribution is 7.89. The van der Waals surface area contributed by atoms with Gasteiger partial charge in [0.1, 0.15) is 5.82 Å². The van der Waals surface area contributed by atoms with Crippen LogP contribution in [0.3, 0.4) is 0 Å². The highest BCUT2D eigenvalue weighted by Crippen LogP contribution is 2.19. The van der Waals surface area contributed by atoms with E-state index in [-0.39, 0.29) is 23.0 Å². The molecule has 0 radical (unpaired) electrons. The quantitative estimate of drug-likeness (QED) is 0.645. The van der Waals surface area contributed by atoms with Crippen LogP contribution in [-0.2, 0) is 26.1 Å². The minimum Gasteiger partial charge on any atom is -0.372 e. The predicted octanol–water partition coefficient (Wildman–Crippen LogP) is 1.81. The molecule has 0 saturated carbocycles. The number of nitrogens with zero attached hydrogens (tertiary/aromatic N) is 3. The Labute approximate surface area is 183 Å². The lowest BCUT2D eigenvalue weighted by Gasteiger charge is -2.36. The molecule has 3 rings (SSSR count). The van der Waals surface area contributed by atoms with E-state index in [4.69, 9.17) is 9.57 Å². The molecule has 1 aromatic carbocycles. The fourth-order valence-electron chi connectivity index (χ4n) is 3.38. The number of ether oxygens (including phenoxy) is 1. The van der Waals surface area contributed by atoms with Gasteiger partial charge in [-0.25, -0.2) is 13.4 Å². The molecule has 168 valence electrons. The minimum absolute atomic E-state index is 0.0416. The van der Waals surface area contributed by atoms with Crippen molar-refractivity contribution in [2.24, 2.45) is 0 Å². The third kappa shape index (κ3) is 5.59. The number of sulfonamides is 1. The number of anilines is 1. The second-order valence-corrected chi connectivity index (χ2v) is 9.43. The van der Waals surface area contributed by atoms with Gasteiger partial charge >= 0.3 is 0 Å². The van der Waals surface area contributed by atoms with Crippen molar-refractivity contribution in [3.8, 4) is 0 Å². The summed E-state index contributed by atoms with van der Waals surface area (Å²) in [6.45, 7) is 5.99. The number of hydrogen-bond donors (Lipinski definition) is 1. The molecule has 9 nitrogen and oxygen atoms in total. The first kappa shape index (κ1) is 23.1.